The highest BCUT2D eigenvalue weighted by atomic mass is 16.6. The van der Waals surface area contributed by atoms with Gasteiger partial charge in [0.1, 0.15) is 5.60 Å². The van der Waals surface area contributed by atoms with Crippen LogP contribution in [-0.2, 0) is 14.3 Å². The molecule has 0 aromatic carbocycles. The van der Waals surface area contributed by atoms with E-state index in [1.54, 1.807) is 5.57 Å². The zero-order valence-corrected chi connectivity index (χ0v) is 16.3. The number of allylic oxidation sites excluding steroid dienone is 1. The summed E-state index contributed by atoms with van der Waals surface area (Å²) in [4.78, 5) is 24.3. The second-order valence-corrected chi connectivity index (χ2v) is 11.4. The standard InChI is InChI=1S/C24H30O3/c1-22-6-4-14-15-3-2-13(25)10-18(15)23(8-9-23)12-17(14)21(22)16-11-19(16)24(22)7-5-20(26)27-24/h10,14-17,19,21H,2-9,11-12H2,1H3/t14?,15-,16?,17?,19?,21?,22+,24+/m1/s1. The predicted molar refractivity (Wildman–Crippen MR) is 99.6 cm³/mol. The number of ether oxygens (including phenoxy) is 1. The van der Waals surface area contributed by atoms with Crippen molar-refractivity contribution >= 4 is 11.8 Å². The van der Waals surface area contributed by atoms with Crippen LogP contribution >= 0.6 is 0 Å². The molecule has 1 saturated heterocycles. The van der Waals surface area contributed by atoms with E-state index in [9.17, 15) is 9.59 Å². The highest BCUT2D eigenvalue weighted by molar-refractivity contribution is 5.91. The average molecular weight is 367 g/mol. The number of ketones is 1. The van der Waals surface area contributed by atoms with Crippen LogP contribution in [0.5, 0.6) is 0 Å². The van der Waals surface area contributed by atoms with Gasteiger partial charge < -0.3 is 4.74 Å². The van der Waals surface area contributed by atoms with Crippen LogP contribution in [0.1, 0.15) is 71.1 Å². The summed E-state index contributed by atoms with van der Waals surface area (Å²) < 4.78 is 6.21. The first-order valence-corrected chi connectivity index (χ1v) is 11.4. The molecule has 7 aliphatic rings. The van der Waals surface area contributed by atoms with Gasteiger partial charge in [-0.05, 0) is 92.4 Å². The first-order valence-electron chi connectivity index (χ1n) is 11.4. The molecule has 6 aliphatic carbocycles. The number of rotatable bonds is 0. The van der Waals surface area contributed by atoms with Crippen molar-refractivity contribution in [3.8, 4) is 0 Å². The summed E-state index contributed by atoms with van der Waals surface area (Å²) in [5.41, 5.74) is 2.03. The van der Waals surface area contributed by atoms with Crippen molar-refractivity contribution in [1.82, 2.24) is 0 Å². The van der Waals surface area contributed by atoms with Gasteiger partial charge in [0.25, 0.3) is 0 Å². The molecule has 0 aromatic rings. The average Bonchev–Trinajstić information content (AvgIpc) is 3.54. The van der Waals surface area contributed by atoms with Crippen molar-refractivity contribution in [3.63, 3.8) is 0 Å². The van der Waals surface area contributed by atoms with Gasteiger partial charge in [-0.25, -0.2) is 0 Å². The van der Waals surface area contributed by atoms with Gasteiger partial charge in [-0.1, -0.05) is 12.5 Å². The Morgan fingerprint density at radius 1 is 1.00 bits per heavy atom. The van der Waals surface area contributed by atoms with Gasteiger partial charge in [0.15, 0.2) is 5.78 Å². The van der Waals surface area contributed by atoms with Gasteiger partial charge in [-0.3, -0.25) is 9.59 Å². The Morgan fingerprint density at radius 3 is 2.59 bits per heavy atom. The zero-order valence-electron chi connectivity index (χ0n) is 16.3. The van der Waals surface area contributed by atoms with E-state index in [0.717, 1.165) is 42.9 Å². The minimum Gasteiger partial charge on any atom is -0.458 e. The Bertz CT molecular complexity index is 806. The van der Waals surface area contributed by atoms with E-state index in [-0.39, 0.29) is 17.0 Å². The number of fused-ring (bicyclic) bond motifs is 10. The molecule has 0 N–H and O–H groups in total. The van der Waals surface area contributed by atoms with Crippen molar-refractivity contribution in [2.75, 3.05) is 0 Å². The first-order chi connectivity index (χ1) is 13.0. The molecular weight excluding hydrogens is 336 g/mol. The summed E-state index contributed by atoms with van der Waals surface area (Å²) in [5.74, 6) is 4.90. The zero-order chi connectivity index (χ0) is 18.2. The van der Waals surface area contributed by atoms with Gasteiger partial charge in [-0.15, -0.1) is 0 Å². The summed E-state index contributed by atoms with van der Waals surface area (Å²) >= 11 is 0. The Hall–Kier alpha value is -1.12. The van der Waals surface area contributed by atoms with Crippen LogP contribution in [0.25, 0.3) is 0 Å². The molecule has 1 heterocycles. The molecule has 8 atom stereocenters. The van der Waals surface area contributed by atoms with Crippen LogP contribution in [0.15, 0.2) is 11.6 Å². The number of carbonyl (C=O) groups excluding carboxylic acids is 2. The maximum absolute atomic E-state index is 12.2. The summed E-state index contributed by atoms with van der Waals surface area (Å²) in [7, 11) is 0. The lowest BCUT2D eigenvalue weighted by Gasteiger charge is -2.58. The highest BCUT2D eigenvalue weighted by Gasteiger charge is 2.79. The highest BCUT2D eigenvalue weighted by Crippen LogP contribution is 2.80. The van der Waals surface area contributed by atoms with E-state index in [2.05, 4.69) is 13.0 Å². The van der Waals surface area contributed by atoms with Crippen LogP contribution < -0.4 is 0 Å². The van der Waals surface area contributed by atoms with Gasteiger partial charge >= 0.3 is 5.97 Å². The topological polar surface area (TPSA) is 43.4 Å². The van der Waals surface area contributed by atoms with Crippen LogP contribution in [0.4, 0.5) is 0 Å². The molecule has 0 radical (unpaired) electrons. The maximum Gasteiger partial charge on any atom is 0.306 e. The van der Waals surface area contributed by atoms with Crippen molar-refractivity contribution in [2.45, 2.75) is 76.7 Å². The molecule has 0 amide bonds. The quantitative estimate of drug-likeness (QED) is 0.595. The van der Waals surface area contributed by atoms with Crippen LogP contribution in [0, 0.1) is 46.3 Å². The Kier molecular flexibility index (Phi) is 2.65. The lowest BCUT2D eigenvalue weighted by molar-refractivity contribution is -0.175. The van der Waals surface area contributed by atoms with E-state index >= 15 is 0 Å². The van der Waals surface area contributed by atoms with Gasteiger partial charge in [0.2, 0.25) is 0 Å². The lowest BCUT2D eigenvalue weighted by Crippen LogP contribution is -2.56. The lowest BCUT2D eigenvalue weighted by atomic mass is 9.47. The third-order valence-electron chi connectivity index (χ3n) is 10.6. The summed E-state index contributed by atoms with van der Waals surface area (Å²) in [6.45, 7) is 2.49. The molecule has 7 rings (SSSR count). The number of esters is 1. The fourth-order valence-electron chi connectivity index (χ4n) is 9.48. The molecular formula is C24H30O3. The summed E-state index contributed by atoms with van der Waals surface area (Å²) in [6, 6.07) is 0. The Balaban J connectivity index is 1.31. The van der Waals surface area contributed by atoms with Gasteiger partial charge in [0, 0.05) is 24.2 Å². The molecule has 0 aromatic heterocycles. The minimum atomic E-state index is -0.125. The van der Waals surface area contributed by atoms with E-state index in [1.165, 1.54) is 38.5 Å². The SMILES string of the molecule is C[C@]12CCC3C(CC4(CC4)C4=CC(=O)CC[C@@H]43)C1C1CC1[C@@]21CCC(=O)O1. The molecule has 3 nitrogen and oxygen atoms in total. The van der Waals surface area contributed by atoms with Crippen LogP contribution in [0.2, 0.25) is 0 Å². The third-order valence-corrected chi connectivity index (χ3v) is 10.6. The van der Waals surface area contributed by atoms with Gasteiger partial charge in [0.05, 0.1) is 0 Å². The van der Waals surface area contributed by atoms with Crippen LogP contribution in [0.3, 0.4) is 0 Å². The van der Waals surface area contributed by atoms with Gasteiger partial charge in [-0.2, -0.15) is 0 Å². The number of hydrogen-bond acceptors (Lipinski definition) is 3. The molecule has 144 valence electrons. The number of carbonyl (C=O) groups is 2. The molecule has 6 fully saturated rings. The molecule has 1 aliphatic heterocycles. The second-order valence-electron chi connectivity index (χ2n) is 11.4. The first kappa shape index (κ1) is 15.8. The predicted octanol–water partition coefficient (Wildman–Crippen LogP) is 4.45. The summed E-state index contributed by atoms with van der Waals surface area (Å²) in [6.07, 6.45) is 13.3. The van der Waals surface area contributed by atoms with Crippen molar-refractivity contribution in [3.05, 3.63) is 11.6 Å². The Labute approximate surface area is 161 Å². The molecule has 0 bridgehead atoms. The van der Waals surface area contributed by atoms with E-state index in [4.69, 9.17) is 4.74 Å². The molecule has 5 saturated carbocycles. The van der Waals surface area contributed by atoms with E-state index in [0.29, 0.717) is 29.5 Å². The Morgan fingerprint density at radius 2 is 1.85 bits per heavy atom. The normalized spacial score (nSPS) is 56.1. The molecule has 5 unspecified atom stereocenters. The third kappa shape index (κ3) is 1.69. The fourth-order valence-corrected chi connectivity index (χ4v) is 9.48. The monoisotopic (exact) mass is 366 g/mol. The van der Waals surface area contributed by atoms with Crippen molar-refractivity contribution in [1.29, 1.82) is 0 Å². The smallest absolute Gasteiger partial charge is 0.306 e. The molecule has 2 spiro atoms. The minimum absolute atomic E-state index is 0.0583. The second kappa shape index (κ2) is 4.54. The molecule has 27 heavy (non-hydrogen) atoms. The summed E-state index contributed by atoms with van der Waals surface area (Å²) in [5, 5.41) is 0. The maximum atomic E-state index is 12.2. The largest absolute Gasteiger partial charge is 0.458 e. The number of hydrogen-bond donors (Lipinski definition) is 0. The van der Waals surface area contributed by atoms with Crippen molar-refractivity contribution < 1.29 is 14.3 Å². The van der Waals surface area contributed by atoms with E-state index < -0.39 is 0 Å². The van der Waals surface area contributed by atoms with E-state index in [1.807, 2.05) is 0 Å². The fraction of sp³-hybridized carbons (Fsp3) is 0.833. The van der Waals surface area contributed by atoms with Crippen LogP contribution in [-0.4, -0.2) is 17.4 Å². The molecule has 3 heteroatoms. The van der Waals surface area contributed by atoms with Crippen molar-refractivity contribution in [2.24, 2.45) is 46.3 Å².